The van der Waals surface area contributed by atoms with E-state index in [0.717, 1.165) is 30.4 Å². The van der Waals surface area contributed by atoms with Gasteiger partial charge in [0.1, 0.15) is 4.90 Å². The van der Waals surface area contributed by atoms with Gasteiger partial charge in [-0.15, -0.1) is 4.36 Å². The summed E-state index contributed by atoms with van der Waals surface area (Å²) < 4.78 is 29.4. The highest BCUT2D eigenvalue weighted by Crippen LogP contribution is 2.35. The fourth-order valence-corrected chi connectivity index (χ4v) is 4.75. The maximum Gasteiger partial charge on any atom is 0.354 e. The molecule has 3 N–H and O–H groups in total. The normalized spacial score (nSPS) is 21.4. The number of carbonyl (C=O) groups excluding carboxylic acids is 1. The van der Waals surface area contributed by atoms with E-state index in [2.05, 4.69) is 27.8 Å². The van der Waals surface area contributed by atoms with Crippen LogP contribution >= 0.6 is 0 Å². The number of hydrogen-bond acceptors (Lipinski definition) is 5. The quantitative estimate of drug-likeness (QED) is 0.770. The van der Waals surface area contributed by atoms with Crippen LogP contribution < -0.4 is 15.2 Å². The second kappa shape index (κ2) is 7.12. The maximum absolute atomic E-state index is 13.1. The van der Waals surface area contributed by atoms with Crippen LogP contribution in [-0.2, 0) is 40.5 Å². The lowest BCUT2D eigenvalue weighted by Gasteiger charge is -2.23. The van der Waals surface area contributed by atoms with E-state index >= 15 is 0 Å². The highest BCUT2D eigenvalue weighted by atomic mass is 32.2. The smallest absolute Gasteiger partial charge is 0.354 e. The molecule has 0 saturated carbocycles. The van der Waals surface area contributed by atoms with E-state index in [4.69, 9.17) is 14.6 Å². The van der Waals surface area contributed by atoms with Gasteiger partial charge >= 0.3 is 6.03 Å². The molecule has 0 fully saturated rings. The van der Waals surface area contributed by atoms with E-state index in [0.29, 0.717) is 18.8 Å². The molecule has 2 aliphatic rings. The number of rotatable bonds is 5. The summed E-state index contributed by atoms with van der Waals surface area (Å²) in [5.74, 6) is 0.255. The average molecular weight is 420 g/mol. The van der Waals surface area contributed by atoms with Gasteiger partial charge in [-0.05, 0) is 48.9 Å². The molecular formula is C19H25N5O4S. The number of nitrogens with one attached hydrogen (secondary N) is 1. The Morgan fingerprint density at radius 2 is 2.28 bits per heavy atom. The van der Waals surface area contributed by atoms with Crippen molar-refractivity contribution in [3.63, 3.8) is 0 Å². The molecule has 2 heterocycles. The molecule has 1 aromatic carbocycles. The number of benzene rings is 1. The Balaban J connectivity index is 1.59. The molecule has 2 amide bonds. The van der Waals surface area contributed by atoms with Gasteiger partial charge in [-0.2, -0.15) is 5.10 Å². The molecule has 29 heavy (non-hydrogen) atoms. The summed E-state index contributed by atoms with van der Waals surface area (Å²) in [5.41, 5.74) is 3.52. The second-order valence-corrected chi connectivity index (χ2v) is 9.44. The minimum absolute atomic E-state index is 0.0998. The Labute approximate surface area is 169 Å². The van der Waals surface area contributed by atoms with E-state index in [9.17, 15) is 9.00 Å². The number of amides is 2. The van der Waals surface area contributed by atoms with Crippen LogP contribution in [0, 0.1) is 0 Å². The average Bonchev–Trinajstić information content (AvgIpc) is 3.12. The molecule has 1 aliphatic carbocycles. The number of hydrogen-bond donors (Lipinski definition) is 2. The minimum atomic E-state index is -3.53. The van der Waals surface area contributed by atoms with Crippen LogP contribution in [0.2, 0.25) is 0 Å². The highest BCUT2D eigenvalue weighted by Gasteiger charge is 2.39. The van der Waals surface area contributed by atoms with Crippen molar-refractivity contribution in [2.24, 2.45) is 9.50 Å². The summed E-state index contributed by atoms with van der Waals surface area (Å²) in [6, 6.07) is 3.33. The minimum Gasteiger partial charge on any atom is -0.466 e. The lowest BCUT2D eigenvalue weighted by Crippen LogP contribution is -2.36. The van der Waals surface area contributed by atoms with Crippen molar-refractivity contribution in [1.29, 1.82) is 0 Å². The zero-order valence-electron chi connectivity index (χ0n) is 16.7. The molecule has 2 atom stereocenters. The number of anilines is 1. The SMILES string of the molecule is CCc1cc2c(c(NC(=O)N=S(N)(=O)c3cnn4c3O[C@@](C)(COC)C4)c1)CC2. The molecule has 10 heteroatoms. The Bertz CT molecular complexity index is 1100. The number of ether oxygens (including phenoxy) is 2. The molecule has 1 aromatic heterocycles. The van der Waals surface area contributed by atoms with E-state index in [1.807, 2.05) is 13.0 Å². The van der Waals surface area contributed by atoms with Gasteiger partial charge in [-0.3, -0.25) is 0 Å². The summed E-state index contributed by atoms with van der Waals surface area (Å²) >= 11 is 0. The van der Waals surface area contributed by atoms with Crippen molar-refractivity contribution in [3.05, 3.63) is 35.0 Å². The highest BCUT2D eigenvalue weighted by molar-refractivity contribution is 7.91. The molecule has 1 unspecified atom stereocenters. The van der Waals surface area contributed by atoms with Crippen LogP contribution in [0.25, 0.3) is 0 Å². The van der Waals surface area contributed by atoms with Crippen LogP contribution in [0.15, 0.2) is 27.6 Å². The first kappa shape index (κ1) is 19.9. The molecule has 4 rings (SSSR count). The third-order valence-electron chi connectivity index (χ3n) is 5.27. The first-order valence-corrected chi connectivity index (χ1v) is 11.1. The standard InChI is InChI=1S/C19H25N5O4S/c1-4-12-7-13-5-6-14(13)15(8-12)22-18(25)23-29(20,26)16-9-21-24-10-19(2,11-27-3)28-17(16)24/h7-9H,4-6,10-11H2,1-3H3,(H3,20,22,23,25,26)/t19-,29?/m1/s1. The van der Waals surface area contributed by atoms with E-state index in [-0.39, 0.29) is 10.8 Å². The molecule has 1 aliphatic heterocycles. The molecule has 0 bridgehead atoms. The van der Waals surface area contributed by atoms with Gasteiger partial charge in [-0.25, -0.2) is 18.8 Å². The van der Waals surface area contributed by atoms with Crippen molar-refractivity contribution in [2.45, 2.75) is 50.2 Å². The van der Waals surface area contributed by atoms with Gasteiger partial charge < -0.3 is 14.8 Å². The van der Waals surface area contributed by atoms with Crippen LogP contribution in [0.5, 0.6) is 5.88 Å². The Morgan fingerprint density at radius 1 is 1.48 bits per heavy atom. The van der Waals surface area contributed by atoms with E-state index in [1.165, 1.54) is 11.8 Å². The number of methoxy groups -OCH3 is 1. The summed E-state index contributed by atoms with van der Waals surface area (Å²) in [6.45, 7) is 4.67. The van der Waals surface area contributed by atoms with Crippen molar-refractivity contribution in [3.8, 4) is 5.88 Å². The van der Waals surface area contributed by atoms with Crippen molar-refractivity contribution in [2.75, 3.05) is 19.0 Å². The summed E-state index contributed by atoms with van der Waals surface area (Å²) in [4.78, 5) is 12.6. The number of fused-ring (bicyclic) bond motifs is 2. The van der Waals surface area contributed by atoms with Gasteiger partial charge in [0.2, 0.25) is 5.88 Å². The number of nitrogens with two attached hydrogens (primary N) is 1. The molecular weight excluding hydrogens is 394 g/mol. The van der Waals surface area contributed by atoms with Gasteiger partial charge in [0.15, 0.2) is 15.5 Å². The largest absolute Gasteiger partial charge is 0.466 e. The summed E-state index contributed by atoms with van der Waals surface area (Å²) in [5, 5.41) is 12.9. The van der Waals surface area contributed by atoms with Crippen LogP contribution in [0.3, 0.4) is 0 Å². The Morgan fingerprint density at radius 3 is 2.93 bits per heavy atom. The molecule has 156 valence electrons. The van der Waals surface area contributed by atoms with E-state index < -0.39 is 21.5 Å². The molecule has 9 nitrogen and oxygen atoms in total. The molecule has 0 saturated heterocycles. The number of nitrogens with zero attached hydrogens (tertiary/aromatic N) is 3. The predicted molar refractivity (Wildman–Crippen MR) is 108 cm³/mol. The number of aromatic nitrogens is 2. The van der Waals surface area contributed by atoms with Crippen LogP contribution in [-0.4, -0.2) is 39.3 Å². The van der Waals surface area contributed by atoms with Crippen molar-refractivity contribution >= 4 is 21.6 Å². The fourth-order valence-electron chi connectivity index (χ4n) is 3.76. The van der Waals surface area contributed by atoms with Crippen LogP contribution in [0.4, 0.5) is 10.5 Å². The lowest BCUT2D eigenvalue weighted by atomic mass is 9.85. The third-order valence-corrected chi connectivity index (χ3v) is 6.61. The summed E-state index contributed by atoms with van der Waals surface area (Å²) in [6.07, 6.45) is 4.10. The van der Waals surface area contributed by atoms with Gasteiger partial charge in [-0.1, -0.05) is 13.0 Å². The van der Waals surface area contributed by atoms with Crippen molar-refractivity contribution < 1.29 is 18.5 Å². The zero-order chi connectivity index (χ0) is 20.8. The molecule has 0 radical (unpaired) electrons. The zero-order valence-corrected chi connectivity index (χ0v) is 17.5. The lowest BCUT2D eigenvalue weighted by molar-refractivity contribution is 0.0165. The van der Waals surface area contributed by atoms with Crippen molar-refractivity contribution in [1.82, 2.24) is 9.78 Å². The number of aryl methyl sites for hydroxylation is 2. The summed E-state index contributed by atoms with van der Waals surface area (Å²) in [7, 11) is -1.96. The topological polar surface area (TPSA) is 121 Å². The monoisotopic (exact) mass is 419 g/mol. The molecule has 0 spiro atoms. The maximum atomic E-state index is 13.1. The third kappa shape index (κ3) is 3.63. The number of carbonyl (C=O) groups is 1. The molecule has 2 aromatic rings. The first-order valence-electron chi connectivity index (χ1n) is 9.49. The fraction of sp³-hybridized carbons (Fsp3) is 0.474. The van der Waals surface area contributed by atoms with Gasteiger partial charge in [0, 0.05) is 12.8 Å². The van der Waals surface area contributed by atoms with E-state index in [1.54, 1.807) is 11.8 Å². The number of urea groups is 1. The van der Waals surface area contributed by atoms with Gasteiger partial charge in [0.05, 0.1) is 19.3 Å². The second-order valence-electron chi connectivity index (χ2n) is 7.68. The van der Waals surface area contributed by atoms with Crippen LogP contribution in [0.1, 0.15) is 30.5 Å². The Kier molecular flexibility index (Phi) is 4.88. The van der Waals surface area contributed by atoms with Gasteiger partial charge in [0.25, 0.3) is 0 Å². The predicted octanol–water partition coefficient (Wildman–Crippen LogP) is 2.27. The first-order chi connectivity index (χ1) is 13.7. The Hall–Kier alpha value is -2.43.